The van der Waals surface area contributed by atoms with Crippen molar-refractivity contribution < 1.29 is 0 Å². The van der Waals surface area contributed by atoms with Gasteiger partial charge in [0.1, 0.15) is 0 Å². The summed E-state index contributed by atoms with van der Waals surface area (Å²) in [6, 6.07) is 65.6. The van der Waals surface area contributed by atoms with E-state index in [4.69, 9.17) is 0 Å². The molecule has 4 heteroatoms. The highest BCUT2D eigenvalue weighted by Crippen LogP contribution is 2.47. The number of benzene rings is 9. The van der Waals surface area contributed by atoms with Crippen LogP contribution in [-0.2, 0) is 6.42 Å². The molecule has 0 atom stereocenters. The van der Waals surface area contributed by atoms with Crippen LogP contribution in [0, 0.1) is 0 Å². The smallest absolute Gasteiger partial charge is 0.197 e. The Kier molecular flexibility index (Phi) is 7.57. The van der Waals surface area contributed by atoms with Crippen molar-refractivity contribution in [2.75, 3.05) is 5.32 Å². The molecule has 13 rings (SSSR count). The van der Waals surface area contributed by atoms with Gasteiger partial charge in [0.15, 0.2) is 7.28 Å². The number of nitrogens with one attached hydrogen (secondary N) is 1. The third kappa shape index (κ3) is 5.00. The standard InChI is InChI=1S/C57H41BN3/c1-2-3-5-16-35-29-31-48(45(33-35)36-17-6-4-7-18-36)59-49-32-30-44-43-24-14-23-41-39-21-10-12-27-50(39)60(54(41)43)56(44)52(49)46-34-37-19-8-9-20-38(37)57-53(46)58-47-26-15-25-42-40-22-11-13-28-51(40)61(57)55(42)47/h4,6-15,17-34,59H,2-3,5,16H2,1H3. The average Bonchev–Trinajstić information content (AvgIpc) is 3.96. The van der Waals surface area contributed by atoms with Crippen LogP contribution in [0.5, 0.6) is 0 Å². The fourth-order valence-corrected chi connectivity index (χ4v) is 10.8. The van der Waals surface area contributed by atoms with Crippen molar-refractivity contribution in [2.24, 2.45) is 0 Å². The first kappa shape index (κ1) is 34.6. The molecule has 0 aliphatic carbocycles. The number of hydrogen-bond acceptors (Lipinski definition) is 1. The molecular weight excluding hydrogens is 737 g/mol. The molecule has 0 amide bonds. The van der Waals surface area contributed by atoms with Gasteiger partial charge < -0.3 is 14.3 Å². The Hall–Kier alpha value is -7.30. The summed E-state index contributed by atoms with van der Waals surface area (Å²) in [5.74, 6) is 0. The van der Waals surface area contributed by atoms with E-state index >= 15 is 0 Å². The van der Waals surface area contributed by atoms with Crippen LogP contribution >= 0.6 is 0 Å². The van der Waals surface area contributed by atoms with Crippen molar-refractivity contribution >= 4 is 100 Å². The van der Waals surface area contributed by atoms with Crippen LogP contribution in [0.15, 0.2) is 176 Å². The van der Waals surface area contributed by atoms with Crippen LogP contribution in [0.25, 0.3) is 98.6 Å². The van der Waals surface area contributed by atoms with Crippen LogP contribution < -0.4 is 16.2 Å². The van der Waals surface area contributed by atoms with Gasteiger partial charge in [0.05, 0.1) is 22.1 Å². The minimum absolute atomic E-state index is 1.08. The third-order valence-corrected chi connectivity index (χ3v) is 13.5. The van der Waals surface area contributed by atoms with Crippen molar-refractivity contribution in [3.05, 3.63) is 181 Å². The lowest BCUT2D eigenvalue weighted by Crippen LogP contribution is -2.37. The van der Waals surface area contributed by atoms with Gasteiger partial charge in [0, 0.05) is 71.4 Å². The molecule has 287 valence electrons. The van der Waals surface area contributed by atoms with E-state index in [9.17, 15) is 0 Å². The quantitative estimate of drug-likeness (QED) is 0.120. The van der Waals surface area contributed by atoms with E-state index in [0.717, 1.165) is 17.8 Å². The Balaban J connectivity index is 1.16. The second-order valence-corrected chi connectivity index (χ2v) is 16.9. The highest BCUT2D eigenvalue weighted by atomic mass is 15.0. The molecule has 4 heterocycles. The summed E-state index contributed by atoms with van der Waals surface area (Å²) in [5.41, 5.74) is 18.4. The summed E-state index contributed by atoms with van der Waals surface area (Å²) in [6.45, 7) is 2.28. The summed E-state index contributed by atoms with van der Waals surface area (Å²) in [7, 11) is 2.47. The van der Waals surface area contributed by atoms with Crippen molar-refractivity contribution in [1.29, 1.82) is 0 Å². The summed E-state index contributed by atoms with van der Waals surface area (Å²) in [6.07, 6.45) is 4.73. The second-order valence-electron chi connectivity index (χ2n) is 16.9. The van der Waals surface area contributed by atoms with Crippen LogP contribution in [0.1, 0.15) is 31.7 Å². The lowest BCUT2D eigenvalue weighted by molar-refractivity contribution is 0.717. The first-order valence-electron chi connectivity index (χ1n) is 21.8. The molecule has 0 fully saturated rings. The van der Waals surface area contributed by atoms with Gasteiger partial charge in [0.2, 0.25) is 0 Å². The maximum Gasteiger partial charge on any atom is 0.197 e. The monoisotopic (exact) mass is 778 g/mol. The number of unbranched alkanes of at least 4 members (excludes halogenated alkanes) is 2. The number of anilines is 2. The number of hydrogen-bond donors (Lipinski definition) is 1. The average molecular weight is 779 g/mol. The van der Waals surface area contributed by atoms with Crippen LogP contribution in [-0.4, -0.2) is 16.2 Å². The highest BCUT2D eigenvalue weighted by Gasteiger charge is 2.30. The van der Waals surface area contributed by atoms with Gasteiger partial charge in [-0.3, -0.25) is 0 Å². The Morgan fingerprint density at radius 1 is 0.492 bits per heavy atom. The number of rotatable bonds is 8. The van der Waals surface area contributed by atoms with Crippen LogP contribution in [0.2, 0.25) is 0 Å². The van der Waals surface area contributed by atoms with Gasteiger partial charge in [-0.15, -0.1) is 0 Å². The van der Waals surface area contributed by atoms with Crippen LogP contribution in [0.3, 0.4) is 0 Å². The third-order valence-electron chi connectivity index (χ3n) is 13.5. The van der Waals surface area contributed by atoms with Gasteiger partial charge in [-0.05, 0) is 76.8 Å². The predicted octanol–water partition coefficient (Wildman–Crippen LogP) is 13.9. The van der Waals surface area contributed by atoms with E-state index in [1.165, 1.54) is 134 Å². The largest absolute Gasteiger partial charge is 0.354 e. The highest BCUT2D eigenvalue weighted by molar-refractivity contribution is 6.74. The van der Waals surface area contributed by atoms with Gasteiger partial charge >= 0.3 is 0 Å². The molecule has 1 radical (unpaired) electrons. The molecule has 3 nitrogen and oxygen atoms in total. The maximum atomic E-state index is 4.15. The lowest BCUT2D eigenvalue weighted by atomic mass is 9.58. The molecule has 0 spiro atoms. The van der Waals surface area contributed by atoms with E-state index in [1.54, 1.807) is 0 Å². The Labute approximate surface area is 355 Å². The maximum absolute atomic E-state index is 4.15. The molecular formula is C57H41BN3. The fourth-order valence-electron chi connectivity index (χ4n) is 10.8. The van der Waals surface area contributed by atoms with Crippen molar-refractivity contribution in [3.8, 4) is 27.9 Å². The second kappa shape index (κ2) is 13.4. The van der Waals surface area contributed by atoms with E-state index < -0.39 is 0 Å². The zero-order valence-corrected chi connectivity index (χ0v) is 34.0. The number of nitrogens with zero attached hydrogens (tertiary/aromatic N) is 2. The normalized spacial score (nSPS) is 12.4. The molecule has 0 unspecified atom stereocenters. The Morgan fingerprint density at radius 3 is 1.98 bits per heavy atom. The topological polar surface area (TPSA) is 21.4 Å². The van der Waals surface area contributed by atoms with E-state index in [2.05, 4.69) is 204 Å². The molecule has 0 bridgehead atoms. The summed E-state index contributed by atoms with van der Waals surface area (Å²) in [4.78, 5) is 0. The van der Waals surface area contributed by atoms with Crippen LogP contribution in [0.4, 0.5) is 11.4 Å². The number of para-hydroxylation sites is 4. The molecule has 3 aromatic heterocycles. The summed E-state index contributed by atoms with van der Waals surface area (Å²) < 4.78 is 5.12. The molecule has 0 saturated heterocycles. The zero-order valence-electron chi connectivity index (χ0n) is 34.0. The van der Waals surface area contributed by atoms with Gasteiger partial charge in [-0.1, -0.05) is 165 Å². The van der Waals surface area contributed by atoms with Gasteiger partial charge in [-0.2, -0.15) is 0 Å². The van der Waals surface area contributed by atoms with Crippen molar-refractivity contribution in [2.45, 2.75) is 32.6 Å². The minimum atomic E-state index is 1.08. The molecule has 61 heavy (non-hydrogen) atoms. The molecule has 1 N–H and O–H groups in total. The lowest BCUT2D eigenvalue weighted by Gasteiger charge is -2.27. The molecule has 9 aromatic carbocycles. The van der Waals surface area contributed by atoms with E-state index in [-0.39, 0.29) is 0 Å². The first-order chi connectivity index (χ1) is 30.2. The Morgan fingerprint density at radius 2 is 1.15 bits per heavy atom. The summed E-state index contributed by atoms with van der Waals surface area (Å²) in [5, 5.41) is 14.3. The van der Waals surface area contributed by atoms with Gasteiger partial charge in [-0.25, -0.2) is 0 Å². The molecule has 12 aromatic rings. The fraction of sp³-hybridized carbons (Fsp3) is 0.0877. The Bertz CT molecular complexity index is 3720. The summed E-state index contributed by atoms with van der Waals surface area (Å²) >= 11 is 0. The number of aryl methyl sites for hydroxylation is 1. The minimum Gasteiger partial charge on any atom is -0.354 e. The van der Waals surface area contributed by atoms with E-state index in [0.29, 0.717) is 0 Å². The van der Waals surface area contributed by atoms with Gasteiger partial charge in [0.25, 0.3) is 0 Å². The molecule has 1 aliphatic rings. The zero-order chi connectivity index (χ0) is 40.2. The molecule has 1 aliphatic heterocycles. The number of aromatic nitrogens is 2. The number of fused-ring (bicyclic) bond motifs is 13. The SMILES string of the molecule is CCCCCc1ccc(Nc2ccc3c4cccc5c6ccccc6n(c3c2-c2cc3ccccc3c3c2[B]c2cccc6c7ccccc7n-3c26)c54)c(-c2ccccc2)c1. The molecule has 0 saturated carbocycles. The predicted molar refractivity (Wildman–Crippen MR) is 262 cm³/mol. The van der Waals surface area contributed by atoms with E-state index in [1.807, 2.05) is 0 Å². The first-order valence-corrected chi connectivity index (χ1v) is 21.8. The van der Waals surface area contributed by atoms with Crippen molar-refractivity contribution in [3.63, 3.8) is 0 Å². The van der Waals surface area contributed by atoms with Crippen molar-refractivity contribution in [1.82, 2.24) is 8.97 Å².